The highest BCUT2D eigenvalue weighted by Crippen LogP contribution is 2.10. The molecule has 0 saturated heterocycles. The maximum atomic E-state index is 12.3. The largest absolute Gasteiger partial charge is 0.354 e. The lowest BCUT2D eigenvalue weighted by Gasteiger charge is -2.18. The number of benzene rings is 1. The van der Waals surface area contributed by atoms with Crippen LogP contribution in [0.3, 0.4) is 0 Å². The van der Waals surface area contributed by atoms with E-state index >= 15 is 0 Å². The molecule has 0 aliphatic rings. The lowest BCUT2D eigenvalue weighted by Crippen LogP contribution is -2.47. The van der Waals surface area contributed by atoms with Gasteiger partial charge in [0.15, 0.2) is 0 Å². The van der Waals surface area contributed by atoms with Crippen LogP contribution in [0.25, 0.3) is 0 Å². The summed E-state index contributed by atoms with van der Waals surface area (Å²) in [6.45, 7) is 3.30. The molecular weight excluding hydrogens is 441 g/mol. The molecule has 0 spiro atoms. The Balaban J connectivity index is 2.38. The van der Waals surface area contributed by atoms with E-state index in [4.69, 9.17) is 5.73 Å². The molecule has 1 rings (SSSR count). The van der Waals surface area contributed by atoms with Gasteiger partial charge < -0.3 is 16.4 Å². The average Bonchev–Trinajstić information content (AvgIpc) is 2.63. The average molecular weight is 473 g/mol. The topological polar surface area (TPSA) is 84.2 Å². The van der Waals surface area contributed by atoms with Crippen molar-refractivity contribution in [2.45, 2.75) is 64.3 Å². The second-order valence-corrected chi connectivity index (χ2v) is 7.77. The highest BCUT2D eigenvalue weighted by atomic mass is 127. The standard InChI is InChI=1S/C20H32IN3O2/c1-2-3-4-15-23-20(26)18(8-6-14-22)24-19(25)9-5-7-16-10-12-17(21)13-11-16/h10-13,18H,2-9,14-15,22H2,1H3,(H,23,26)(H,24,25)/t18-/m1/s1. The molecule has 26 heavy (non-hydrogen) atoms. The molecule has 0 saturated carbocycles. The van der Waals surface area contributed by atoms with E-state index in [1.807, 2.05) is 0 Å². The van der Waals surface area contributed by atoms with Crippen molar-refractivity contribution in [2.75, 3.05) is 13.1 Å². The van der Waals surface area contributed by atoms with Crippen molar-refractivity contribution >= 4 is 34.4 Å². The van der Waals surface area contributed by atoms with Gasteiger partial charge in [0, 0.05) is 16.5 Å². The summed E-state index contributed by atoms with van der Waals surface area (Å²) < 4.78 is 1.21. The number of hydrogen-bond donors (Lipinski definition) is 3. The fraction of sp³-hybridized carbons (Fsp3) is 0.600. The van der Waals surface area contributed by atoms with Crippen molar-refractivity contribution < 1.29 is 9.59 Å². The highest BCUT2D eigenvalue weighted by Gasteiger charge is 2.19. The quantitative estimate of drug-likeness (QED) is 0.304. The molecular formula is C20H32IN3O2. The minimum atomic E-state index is -0.481. The van der Waals surface area contributed by atoms with Gasteiger partial charge >= 0.3 is 0 Å². The summed E-state index contributed by atoms with van der Waals surface area (Å²) in [5.41, 5.74) is 6.79. The number of aryl methyl sites for hydroxylation is 1. The number of halogens is 1. The molecule has 0 fully saturated rings. The molecule has 0 aliphatic carbocycles. The zero-order valence-corrected chi connectivity index (χ0v) is 17.9. The van der Waals surface area contributed by atoms with E-state index in [-0.39, 0.29) is 11.8 Å². The summed E-state index contributed by atoms with van der Waals surface area (Å²) in [5.74, 6) is -0.165. The molecule has 0 radical (unpaired) electrons. The molecule has 0 unspecified atom stereocenters. The van der Waals surface area contributed by atoms with Gasteiger partial charge in [0.2, 0.25) is 11.8 Å². The molecule has 146 valence electrons. The van der Waals surface area contributed by atoms with Gasteiger partial charge in [-0.2, -0.15) is 0 Å². The number of rotatable bonds is 13. The third kappa shape index (κ3) is 10.1. The van der Waals surface area contributed by atoms with Crippen molar-refractivity contribution in [3.63, 3.8) is 0 Å². The zero-order chi connectivity index (χ0) is 19.2. The van der Waals surface area contributed by atoms with Crippen molar-refractivity contribution in [1.82, 2.24) is 10.6 Å². The smallest absolute Gasteiger partial charge is 0.242 e. The Hall–Kier alpha value is -1.15. The zero-order valence-electron chi connectivity index (χ0n) is 15.7. The molecule has 6 heteroatoms. The number of nitrogens with two attached hydrogens (primary N) is 1. The minimum absolute atomic E-state index is 0.0683. The van der Waals surface area contributed by atoms with Crippen LogP contribution < -0.4 is 16.4 Å². The third-order valence-electron chi connectivity index (χ3n) is 4.21. The van der Waals surface area contributed by atoms with Crippen LogP contribution in [0.4, 0.5) is 0 Å². The molecule has 0 bridgehead atoms. The number of amides is 2. The van der Waals surface area contributed by atoms with Gasteiger partial charge in [-0.15, -0.1) is 0 Å². The first-order valence-electron chi connectivity index (χ1n) is 9.58. The summed E-state index contributed by atoms with van der Waals surface area (Å²) in [6.07, 6.45) is 6.54. The SMILES string of the molecule is CCCCCNC(=O)[C@@H](CCCN)NC(=O)CCCc1ccc(I)cc1. The highest BCUT2D eigenvalue weighted by molar-refractivity contribution is 14.1. The molecule has 0 heterocycles. The van der Waals surface area contributed by atoms with Gasteiger partial charge in [0.05, 0.1) is 0 Å². The predicted octanol–water partition coefficient (Wildman–Crippen LogP) is 3.14. The maximum absolute atomic E-state index is 12.3. The Labute approximate surface area is 171 Å². The van der Waals surface area contributed by atoms with Crippen LogP contribution in [0.15, 0.2) is 24.3 Å². The summed E-state index contributed by atoms with van der Waals surface area (Å²) in [4.78, 5) is 24.5. The van der Waals surface area contributed by atoms with Crippen molar-refractivity contribution in [1.29, 1.82) is 0 Å². The molecule has 0 aromatic heterocycles. The Kier molecular flexibility index (Phi) is 12.3. The number of unbranched alkanes of at least 4 members (excludes halogenated alkanes) is 2. The third-order valence-corrected chi connectivity index (χ3v) is 4.93. The van der Waals surface area contributed by atoms with Crippen LogP contribution >= 0.6 is 22.6 Å². The Morgan fingerprint density at radius 2 is 1.85 bits per heavy atom. The number of hydrogen-bond acceptors (Lipinski definition) is 3. The van der Waals surface area contributed by atoms with Crippen molar-refractivity contribution in [3.05, 3.63) is 33.4 Å². The predicted molar refractivity (Wildman–Crippen MR) is 115 cm³/mol. The Morgan fingerprint density at radius 3 is 2.50 bits per heavy atom. The molecule has 4 N–H and O–H groups in total. The number of carbonyl (C=O) groups is 2. The van der Waals surface area contributed by atoms with Gasteiger partial charge in [-0.05, 0) is 78.9 Å². The molecule has 2 amide bonds. The molecule has 1 aromatic carbocycles. The Bertz CT molecular complexity index is 534. The van der Waals surface area contributed by atoms with Gasteiger partial charge in [-0.25, -0.2) is 0 Å². The van der Waals surface area contributed by atoms with Crippen LogP contribution in [0.2, 0.25) is 0 Å². The van der Waals surface area contributed by atoms with E-state index in [1.54, 1.807) is 0 Å². The summed E-state index contributed by atoms with van der Waals surface area (Å²) in [6, 6.07) is 7.84. The van der Waals surface area contributed by atoms with E-state index in [1.165, 1.54) is 9.13 Å². The van der Waals surface area contributed by atoms with Gasteiger partial charge in [0.1, 0.15) is 6.04 Å². The number of nitrogens with one attached hydrogen (secondary N) is 2. The van der Waals surface area contributed by atoms with Crippen LogP contribution in [-0.2, 0) is 16.0 Å². The lowest BCUT2D eigenvalue weighted by molar-refractivity contribution is -0.129. The molecule has 0 aliphatic heterocycles. The Morgan fingerprint density at radius 1 is 1.12 bits per heavy atom. The first-order valence-corrected chi connectivity index (χ1v) is 10.7. The van der Waals surface area contributed by atoms with Crippen molar-refractivity contribution in [2.24, 2.45) is 5.73 Å². The van der Waals surface area contributed by atoms with E-state index in [2.05, 4.69) is 64.4 Å². The first-order chi connectivity index (χ1) is 12.6. The fourth-order valence-corrected chi connectivity index (χ4v) is 3.03. The summed E-state index contributed by atoms with van der Waals surface area (Å²) in [7, 11) is 0. The summed E-state index contributed by atoms with van der Waals surface area (Å²) in [5, 5.41) is 5.80. The first kappa shape index (κ1) is 22.9. The number of carbonyl (C=O) groups excluding carboxylic acids is 2. The molecule has 1 atom stereocenters. The maximum Gasteiger partial charge on any atom is 0.242 e. The van der Waals surface area contributed by atoms with E-state index in [0.717, 1.165) is 38.5 Å². The second-order valence-electron chi connectivity index (χ2n) is 6.53. The van der Waals surface area contributed by atoms with Crippen LogP contribution in [-0.4, -0.2) is 30.9 Å². The normalized spacial score (nSPS) is 11.8. The van der Waals surface area contributed by atoms with Gasteiger partial charge in [0.25, 0.3) is 0 Å². The van der Waals surface area contributed by atoms with Crippen molar-refractivity contribution in [3.8, 4) is 0 Å². The van der Waals surface area contributed by atoms with Crippen LogP contribution in [0.5, 0.6) is 0 Å². The van der Waals surface area contributed by atoms with Crippen LogP contribution in [0, 0.1) is 3.57 Å². The van der Waals surface area contributed by atoms with Gasteiger partial charge in [-0.1, -0.05) is 31.9 Å². The lowest BCUT2D eigenvalue weighted by atomic mass is 10.1. The van der Waals surface area contributed by atoms with E-state index in [9.17, 15) is 9.59 Å². The van der Waals surface area contributed by atoms with E-state index in [0.29, 0.717) is 25.9 Å². The second kappa shape index (κ2) is 14.0. The molecule has 1 aromatic rings. The fourth-order valence-electron chi connectivity index (χ4n) is 2.67. The van der Waals surface area contributed by atoms with Gasteiger partial charge in [-0.3, -0.25) is 9.59 Å². The van der Waals surface area contributed by atoms with Crippen LogP contribution in [0.1, 0.15) is 57.4 Å². The summed E-state index contributed by atoms with van der Waals surface area (Å²) >= 11 is 2.28. The monoisotopic (exact) mass is 473 g/mol. The molecule has 5 nitrogen and oxygen atoms in total. The van der Waals surface area contributed by atoms with E-state index < -0.39 is 6.04 Å². The minimum Gasteiger partial charge on any atom is -0.354 e.